The molecule has 124 valence electrons. The van der Waals surface area contributed by atoms with Gasteiger partial charge in [0.2, 0.25) is 0 Å². The molecular formula is C18H24IN3O. The lowest BCUT2D eigenvalue weighted by molar-refractivity contribution is 0.306. The second-order valence-electron chi connectivity index (χ2n) is 5.05. The molecule has 2 aromatic rings. The highest BCUT2D eigenvalue weighted by Gasteiger charge is 1.97. The van der Waals surface area contributed by atoms with Crippen molar-refractivity contribution in [2.45, 2.75) is 26.5 Å². The molecule has 0 atom stereocenters. The predicted octanol–water partition coefficient (Wildman–Crippen LogP) is 3.70. The highest BCUT2D eigenvalue weighted by Crippen LogP contribution is 2.12. The first-order valence-corrected chi connectivity index (χ1v) is 7.57. The number of nitrogens with zero attached hydrogens (tertiary/aromatic N) is 1. The van der Waals surface area contributed by atoms with Crippen molar-refractivity contribution >= 4 is 29.9 Å². The maximum atomic E-state index is 5.77. The topological polar surface area (TPSA) is 59.6 Å². The molecule has 0 saturated heterocycles. The van der Waals surface area contributed by atoms with Crippen molar-refractivity contribution in [1.82, 2.24) is 5.32 Å². The molecule has 0 aromatic heterocycles. The average molecular weight is 425 g/mol. The number of guanidine groups is 1. The first kappa shape index (κ1) is 19.3. The van der Waals surface area contributed by atoms with Crippen molar-refractivity contribution in [3.63, 3.8) is 0 Å². The molecule has 4 nitrogen and oxygen atoms in total. The maximum absolute atomic E-state index is 5.77. The second-order valence-corrected chi connectivity index (χ2v) is 5.05. The molecule has 0 spiro atoms. The Labute approximate surface area is 155 Å². The lowest BCUT2D eigenvalue weighted by atomic mass is 10.1. The Bertz CT molecular complexity index is 585. The summed E-state index contributed by atoms with van der Waals surface area (Å²) in [5, 5.41) is 3.06. The van der Waals surface area contributed by atoms with E-state index in [1.807, 2.05) is 30.3 Å². The zero-order chi connectivity index (χ0) is 15.6. The fourth-order valence-electron chi connectivity index (χ4n) is 1.91. The largest absolute Gasteiger partial charge is 0.489 e. The monoisotopic (exact) mass is 425 g/mol. The third-order valence-electron chi connectivity index (χ3n) is 3.16. The molecule has 0 aliphatic heterocycles. The summed E-state index contributed by atoms with van der Waals surface area (Å²) in [5.74, 6) is 1.38. The Hall–Kier alpha value is -1.76. The van der Waals surface area contributed by atoms with Crippen molar-refractivity contribution in [1.29, 1.82) is 0 Å². The van der Waals surface area contributed by atoms with Gasteiger partial charge in [0.05, 0.1) is 6.54 Å². The van der Waals surface area contributed by atoms with Gasteiger partial charge < -0.3 is 15.8 Å². The molecule has 0 heterocycles. The van der Waals surface area contributed by atoms with Crippen LogP contribution in [-0.2, 0) is 13.2 Å². The Morgan fingerprint density at radius 2 is 1.70 bits per heavy atom. The minimum atomic E-state index is 0. The highest BCUT2D eigenvalue weighted by atomic mass is 127. The van der Waals surface area contributed by atoms with Crippen LogP contribution in [0.3, 0.4) is 0 Å². The lowest BCUT2D eigenvalue weighted by Crippen LogP contribution is -2.32. The van der Waals surface area contributed by atoms with Gasteiger partial charge in [0.1, 0.15) is 12.4 Å². The van der Waals surface area contributed by atoms with E-state index in [1.165, 1.54) is 0 Å². The lowest BCUT2D eigenvalue weighted by Gasteiger charge is -2.07. The molecule has 5 heteroatoms. The Morgan fingerprint density at radius 1 is 1.04 bits per heavy atom. The molecule has 0 amide bonds. The van der Waals surface area contributed by atoms with Gasteiger partial charge in [-0.1, -0.05) is 49.4 Å². The van der Waals surface area contributed by atoms with Crippen LogP contribution in [0.15, 0.2) is 59.6 Å². The van der Waals surface area contributed by atoms with Gasteiger partial charge in [-0.05, 0) is 29.7 Å². The number of benzene rings is 2. The van der Waals surface area contributed by atoms with E-state index in [0.29, 0.717) is 19.1 Å². The van der Waals surface area contributed by atoms with Crippen molar-refractivity contribution in [2.75, 3.05) is 6.54 Å². The van der Waals surface area contributed by atoms with Crippen LogP contribution in [0.25, 0.3) is 0 Å². The van der Waals surface area contributed by atoms with E-state index < -0.39 is 0 Å². The van der Waals surface area contributed by atoms with E-state index in [9.17, 15) is 0 Å². The fourth-order valence-corrected chi connectivity index (χ4v) is 1.91. The molecule has 0 unspecified atom stereocenters. The summed E-state index contributed by atoms with van der Waals surface area (Å²) in [6.45, 7) is 4.09. The number of hydrogen-bond acceptors (Lipinski definition) is 2. The van der Waals surface area contributed by atoms with Crippen LogP contribution < -0.4 is 15.8 Å². The van der Waals surface area contributed by atoms with Crippen LogP contribution in [0.5, 0.6) is 5.75 Å². The second kappa shape index (κ2) is 10.9. The van der Waals surface area contributed by atoms with Gasteiger partial charge in [-0.3, -0.25) is 0 Å². The predicted molar refractivity (Wildman–Crippen MR) is 106 cm³/mol. The van der Waals surface area contributed by atoms with E-state index >= 15 is 0 Å². The van der Waals surface area contributed by atoms with Gasteiger partial charge in [-0.15, -0.1) is 24.0 Å². The summed E-state index contributed by atoms with van der Waals surface area (Å²) >= 11 is 0. The Morgan fingerprint density at radius 3 is 2.35 bits per heavy atom. The number of aliphatic imine (C=N–C) groups is 1. The molecule has 0 bridgehead atoms. The van der Waals surface area contributed by atoms with E-state index in [0.717, 1.165) is 29.8 Å². The SMILES string of the molecule is CCCNC(N)=NCc1ccc(COc2ccccc2)cc1.I. The van der Waals surface area contributed by atoms with Crippen LogP contribution >= 0.6 is 24.0 Å². The Balaban J connectivity index is 0.00000264. The molecule has 0 aliphatic rings. The number of rotatable bonds is 7. The average Bonchev–Trinajstić information content (AvgIpc) is 2.58. The van der Waals surface area contributed by atoms with Crippen molar-refractivity contribution in [2.24, 2.45) is 10.7 Å². The molecule has 3 N–H and O–H groups in total. The first-order chi connectivity index (χ1) is 10.8. The number of halogens is 1. The van der Waals surface area contributed by atoms with Crippen LogP contribution in [-0.4, -0.2) is 12.5 Å². The molecule has 2 aromatic carbocycles. The normalized spacial score (nSPS) is 10.7. The van der Waals surface area contributed by atoms with Crippen LogP contribution in [0.1, 0.15) is 24.5 Å². The van der Waals surface area contributed by atoms with E-state index in [2.05, 4.69) is 41.5 Å². The number of hydrogen-bond donors (Lipinski definition) is 2. The smallest absolute Gasteiger partial charge is 0.188 e. The molecule has 0 fully saturated rings. The van der Waals surface area contributed by atoms with E-state index in [-0.39, 0.29) is 24.0 Å². The Kier molecular flexibility index (Phi) is 9.12. The maximum Gasteiger partial charge on any atom is 0.188 e. The number of nitrogens with two attached hydrogens (primary N) is 1. The van der Waals surface area contributed by atoms with Gasteiger partial charge in [0, 0.05) is 6.54 Å². The van der Waals surface area contributed by atoms with Crippen LogP contribution in [0.4, 0.5) is 0 Å². The van der Waals surface area contributed by atoms with Crippen LogP contribution in [0, 0.1) is 0 Å². The molecule has 0 aliphatic carbocycles. The molecule has 2 rings (SSSR count). The van der Waals surface area contributed by atoms with Crippen LogP contribution in [0.2, 0.25) is 0 Å². The zero-order valence-corrected chi connectivity index (χ0v) is 15.7. The van der Waals surface area contributed by atoms with Gasteiger partial charge >= 0.3 is 0 Å². The third kappa shape index (κ3) is 7.36. The number of nitrogens with one attached hydrogen (secondary N) is 1. The first-order valence-electron chi connectivity index (χ1n) is 7.57. The summed E-state index contributed by atoms with van der Waals surface area (Å²) in [7, 11) is 0. The number of para-hydroxylation sites is 1. The summed E-state index contributed by atoms with van der Waals surface area (Å²) in [4.78, 5) is 4.31. The van der Waals surface area contributed by atoms with Crippen molar-refractivity contribution < 1.29 is 4.74 Å². The summed E-state index contributed by atoms with van der Waals surface area (Å²) < 4.78 is 5.72. The highest BCUT2D eigenvalue weighted by molar-refractivity contribution is 14.0. The van der Waals surface area contributed by atoms with Gasteiger partial charge in [-0.25, -0.2) is 4.99 Å². The molecule has 0 saturated carbocycles. The minimum absolute atomic E-state index is 0. The van der Waals surface area contributed by atoms with Gasteiger partial charge in [0.15, 0.2) is 5.96 Å². The van der Waals surface area contributed by atoms with E-state index in [1.54, 1.807) is 0 Å². The number of ether oxygens (including phenoxy) is 1. The van der Waals surface area contributed by atoms with Crippen molar-refractivity contribution in [3.8, 4) is 5.75 Å². The van der Waals surface area contributed by atoms with Gasteiger partial charge in [0.25, 0.3) is 0 Å². The standard InChI is InChI=1S/C18H23N3O.HI/c1-2-12-20-18(19)21-13-15-8-10-16(11-9-15)14-22-17-6-4-3-5-7-17;/h3-11H,2,12-14H2,1H3,(H3,19,20,21);1H. The zero-order valence-electron chi connectivity index (χ0n) is 13.4. The fraction of sp³-hybridized carbons (Fsp3) is 0.278. The molecule has 0 radical (unpaired) electrons. The summed E-state index contributed by atoms with van der Waals surface area (Å²) in [6.07, 6.45) is 1.03. The third-order valence-corrected chi connectivity index (χ3v) is 3.16. The van der Waals surface area contributed by atoms with Gasteiger partial charge in [-0.2, -0.15) is 0 Å². The van der Waals surface area contributed by atoms with E-state index in [4.69, 9.17) is 10.5 Å². The molecular weight excluding hydrogens is 401 g/mol. The summed E-state index contributed by atoms with van der Waals surface area (Å²) in [6, 6.07) is 18.0. The summed E-state index contributed by atoms with van der Waals surface area (Å²) in [5.41, 5.74) is 8.03. The van der Waals surface area contributed by atoms with Crippen molar-refractivity contribution in [3.05, 3.63) is 65.7 Å². The minimum Gasteiger partial charge on any atom is -0.489 e. The molecule has 23 heavy (non-hydrogen) atoms. The quantitative estimate of drug-likeness (QED) is 0.404.